The summed E-state index contributed by atoms with van der Waals surface area (Å²) in [5, 5.41) is 23.5. The van der Waals surface area contributed by atoms with E-state index < -0.39 is 21.8 Å². The van der Waals surface area contributed by atoms with Gasteiger partial charge in [0.25, 0.3) is 16.0 Å². The maximum Gasteiger partial charge on any atom is 0.294 e. The number of ether oxygens (including phenoxy) is 1. The molecule has 0 radical (unpaired) electrons. The van der Waals surface area contributed by atoms with Gasteiger partial charge in [-0.3, -0.25) is 9.35 Å². The Morgan fingerprint density at radius 2 is 1.77 bits per heavy atom. The fraction of sp³-hybridized carbons (Fsp3) is 0.148. The Kier molecular flexibility index (Phi) is 8.41. The second-order valence-electron chi connectivity index (χ2n) is 8.35. The molecular formula is C27H23Cl2N3O6S. The number of fused-ring (bicyclic) bond motifs is 1. The van der Waals surface area contributed by atoms with Gasteiger partial charge in [-0.05, 0) is 54.6 Å². The van der Waals surface area contributed by atoms with Gasteiger partial charge in [-0.2, -0.15) is 8.42 Å². The number of phenols is 1. The summed E-state index contributed by atoms with van der Waals surface area (Å²) in [6.45, 7) is 3.94. The lowest BCUT2D eigenvalue weighted by Crippen LogP contribution is -2.12. The molecule has 4 aromatic carbocycles. The van der Waals surface area contributed by atoms with E-state index in [0.29, 0.717) is 45.8 Å². The van der Waals surface area contributed by atoms with Gasteiger partial charge in [-0.25, -0.2) is 0 Å². The molecule has 9 nitrogen and oxygen atoms in total. The summed E-state index contributed by atoms with van der Waals surface area (Å²) in [5.41, 5.74) is 0.478. The van der Waals surface area contributed by atoms with Crippen molar-refractivity contribution in [1.82, 2.24) is 0 Å². The molecule has 0 saturated carbocycles. The average Bonchev–Trinajstić information content (AvgIpc) is 2.87. The Labute approximate surface area is 234 Å². The molecule has 3 N–H and O–H groups in total. The molecule has 0 aliphatic heterocycles. The summed E-state index contributed by atoms with van der Waals surface area (Å²) in [4.78, 5) is 12.9. The number of phenolic OH excluding ortho intramolecular Hbond substituents is 1. The molecule has 4 aromatic rings. The number of anilines is 1. The van der Waals surface area contributed by atoms with Gasteiger partial charge in [0.2, 0.25) is 0 Å². The zero-order valence-corrected chi connectivity index (χ0v) is 23.1. The molecule has 39 heavy (non-hydrogen) atoms. The van der Waals surface area contributed by atoms with Crippen LogP contribution >= 0.6 is 23.2 Å². The van der Waals surface area contributed by atoms with E-state index in [9.17, 15) is 22.9 Å². The number of aryl methyl sites for hydroxylation is 1. The van der Waals surface area contributed by atoms with Crippen LogP contribution in [0, 0.1) is 0 Å². The van der Waals surface area contributed by atoms with Crippen molar-refractivity contribution >= 4 is 67.1 Å². The van der Waals surface area contributed by atoms with Crippen LogP contribution < -0.4 is 10.1 Å². The highest BCUT2D eigenvalue weighted by atomic mass is 35.5. The second-order valence-corrected chi connectivity index (χ2v) is 10.6. The van der Waals surface area contributed by atoms with Crippen LogP contribution in [-0.2, 0) is 16.5 Å². The Morgan fingerprint density at radius 3 is 2.46 bits per heavy atom. The van der Waals surface area contributed by atoms with Gasteiger partial charge in [0.05, 0.1) is 22.1 Å². The Hall–Kier alpha value is -3.70. The van der Waals surface area contributed by atoms with E-state index in [1.54, 1.807) is 43.3 Å². The quantitative estimate of drug-likeness (QED) is 0.142. The van der Waals surface area contributed by atoms with Crippen molar-refractivity contribution < 1.29 is 27.6 Å². The van der Waals surface area contributed by atoms with Gasteiger partial charge in [-0.15, -0.1) is 10.2 Å². The normalized spacial score (nSPS) is 11.7. The first-order valence-electron chi connectivity index (χ1n) is 11.7. The van der Waals surface area contributed by atoms with Crippen LogP contribution in [0.4, 0.5) is 17.1 Å². The monoisotopic (exact) mass is 587 g/mol. The Morgan fingerprint density at radius 1 is 1.03 bits per heavy atom. The van der Waals surface area contributed by atoms with Crippen molar-refractivity contribution in [3.63, 3.8) is 0 Å². The first-order valence-corrected chi connectivity index (χ1v) is 13.9. The van der Waals surface area contributed by atoms with E-state index >= 15 is 0 Å². The molecule has 0 atom stereocenters. The van der Waals surface area contributed by atoms with Crippen LogP contribution in [0.1, 0.15) is 29.8 Å². The zero-order valence-electron chi connectivity index (χ0n) is 20.8. The average molecular weight is 588 g/mol. The summed E-state index contributed by atoms with van der Waals surface area (Å²) in [7, 11) is -4.55. The minimum atomic E-state index is -4.55. The van der Waals surface area contributed by atoms with Crippen molar-refractivity contribution in [2.45, 2.75) is 25.2 Å². The molecule has 0 aliphatic rings. The number of hydrogen-bond acceptors (Lipinski definition) is 7. The number of carbonyl (C=O) groups is 1. The van der Waals surface area contributed by atoms with Crippen molar-refractivity contribution in [3.05, 3.63) is 81.8 Å². The molecule has 0 spiro atoms. The van der Waals surface area contributed by atoms with Crippen LogP contribution in [0.15, 0.2) is 75.8 Å². The maximum absolute atomic E-state index is 13.2. The predicted molar refractivity (Wildman–Crippen MR) is 151 cm³/mol. The van der Waals surface area contributed by atoms with E-state index in [1.165, 1.54) is 18.2 Å². The number of hydrogen-bond donors (Lipinski definition) is 3. The summed E-state index contributed by atoms with van der Waals surface area (Å²) in [6.07, 6.45) is 0.299. The summed E-state index contributed by atoms with van der Waals surface area (Å²) in [6, 6.07) is 15.6. The van der Waals surface area contributed by atoms with Crippen LogP contribution in [0.25, 0.3) is 10.8 Å². The van der Waals surface area contributed by atoms with Crippen molar-refractivity contribution in [2.75, 3.05) is 11.9 Å². The van der Waals surface area contributed by atoms with Crippen molar-refractivity contribution in [2.24, 2.45) is 10.2 Å². The molecule has 0 aromatic heterocycles. The van der Waals surface area contributed by atoms with E-state index in [0.717, 1.165) is 6.07 Å². The number of amides is 1. The molecule has 0 fully saturated rings. The van der Waals surface area contributed by atoms with Crippen molar-refractivity contribution in [3.8, 4) is 11.5 Å². The Balaban J connectivity index is 1.79. The third-order valence-electron chi connectivity index (χ3n) is 5.73. The predicted octanol–water partition coefficient (Wildman–Crippen LogP) is 7.73. The topological polar surface area (TPSA) is 138 Å². The van der Waals surface area contributed by atoms with Crippen molar-refractivity contribution in [1.29, 1.82) is 0 Å². The van der Waals surface area contributed by atoms with E-state index in [-0.39, 0.29) is 26.9 Å². The fourth-order valence-corrected chi connectivity index (χ4v) is 5.20. The van der Waals surface area contributed by atoms with E-state index in [1.807, 2.05) is 6.92 Å². The van der Waals surface area contributed by atoms with Gasteiger partial charge >= 0.3 is 0 Å². The van der Waals surface area contributed by atoms with Gasteiger partial charge in [0.1, 0.15) is 17.1 Å². The third kappa shape index (κ3) is 6.31. The number of nitrogens with zero attached hydrogens (tertiary/aromatic N) is 2. The summed E-state index contributed by atoms with van der Waals surface area (Å²) in [5.74, 6) is -0.635. The minimum Gasteiger partial charge on any atom is -0.505 e. The number of carbonyl (C=O) groups excluding carboxylic acids is 1. The number of halogens is 2. The standard InChI is InChI=1S/C27H23Cl2N3O6S/c1-3-15-10-22(29)23(14-24(15)39(35,36)37)31-32-25-20-8-6-5-7-16(20)9-21(26(25)33)27(34)30-18-11-17(28)12-19(13-18)38-4-2/h5-14,33H,3-4H2,1-2H3,(H,30,34)(H,35,36,37). The van der Waals surface area contributed by atoms with Gasteiger partial charge in [0.15, 0.2) is 5.75 Å². The smallest absolute Gasteiger partial charge is 0.294 e. The largest absolute Gasteiger partial charge is 0.505 e. The number of nitrogens with one attached hydrogen (secondary N) is 1. The first kappa shape index (κ1) is 28.3. The molecule has 1 amide bonds. The molecule has 0 heterocycles. The maximum atomic E-state index is 13.2. The van der Waals surface area contributed by atoms with Crippen LogP contribution in [0.5, 0.6) is 11.5 Å². The van der Waals surface area contributed by atoms with Gasteiger partial charge in [-0.1, -0.05) is 54.4 Å². The van der Waals surface area contributed by atoms with E-state index in [2.05, 4.69) is 15.5 Å². The highest BCUT2D eigenvalue weighted by molar-refractivity contribution is 7.85. The van der Waals surface area contributed by atoms with Gasteiger partial charge in [0, 0.05) is 22.2 Å². The molecule has 0 unspecified atom stereocenters. The summed E-state index contributed by atoms with van der Waals surface area (Å²) >= 11 is 12.4. The second kappa shape index (κ2) is 11.6. The highest BCUT2D eigenvalue weighted by Gasteiger charge is 2.21. The molecule has 202 valence electrons. The molecule has 12 heteroatoms. The van der Waals surface area contributed by atoms with E-state index in [4.69, 9.17) is 27.9 Å². The van der Waals surface area contributed by atoms with Crippen LogP contribution in [0.3, 0.4) is 0 Å². The highest BCUT2D eigenvalue weighted by Crippen LogP contribution is 2.41. The molecule has 0 saturated heterocycles. The zero-order chi connectivity index (χ0) is 28.3. The summed E-state index contributed by atoms with van der Waals surface area (Å²) < 4.78 is 38.8. The molecule has 0 aliphatic carbocycles. The third-order valence-corrected chi connectivity index (χ3v) is 7.18. The molecule has 0 bridgehead atoms. The lowest BCUT2D eigenvalue weighted by atomic mass is 10.0. The fourth-order valence-electron chi connectivity index (χ4n) is 3.96. The lowest BCUT2D eigenvalue weighted by molar-refractivity contribution is 0.102. The van der Waals surface area contributed by atoms with Gasteiger partial charge < -0.3 is 15.2 Å². The first-order chi connectivity index (χ1) is 18.5. The molecular weight excluding hydrogens is 565 g/mol. The van der Waals surface area contributed by atoms with Crippen LogP contribution in [-0.4, -0.2) is 30.6 Å². The number of rotatable bonds is 8. The number of aromatic hydroxyl groups is 1. The SMILES string of the molecule is CCOc1cc(Cl)cc(NC(=O)c2cc3ccccc3c(N=Nc3cc(S(=O)(=O)O)c(CC)cc3Cl)c2O)c1. The number of benzene rings is 4. The molecule has 4 rings (SSSR count). The van der Waals surface area contributed by atoms with Crippen LogP contribution in [0.2, 0.25) is 10.0 Å². The lowest BCUT2D eigenvalue weighted by Gasteiger charge is -2.12. The minimum absolute atomic E-state index is 0.0385. The number of azo groups is 1. The Bertz CT molecular complexity index is 1720.